The first-order chi connectivity index (χ1) is 9.95. The lowest BCUT2D eigenvalue weighted by Crippen LogP contribution is -2.45. The maximum Gasteiger partial charge on any atom is 0.391 e. The lowest BCUT2D eigenvalue weighted by atomic mass is 9.84. The quantitative estimate of drug-likeness (QED) is 0.820. The summed E-state index contributed by atoms with van der Waals surface area (Å²) in [5.74, 6) is -1.10. The molecule has 4 atom stereocenters. The fourth-order valence-corrected chi connectivity index (χ4v) is 3.84. The first kappa shape index (κ1) is 17.1. The van der Waals surface area contributed by atoms with E-state index in [-0.39, 0.29) is 18.5 Å². The Kier molecular flexibility index (Phi) is 6.35. The van der Waals surface area contributed by atoms with Crippen LogP contribution in [-0.4, -0.2) is 30.8 Å². The van der Waals surface area contributed by atoms with Crippen molar-refractivity contribution in [3.63, 3.8) is 0 Å². The minimum atomic E-state index is -4.02. The van der Waals surface area contributed by atoms with E-state index in [1.54, 1.807) is 0 Å². The highest BCUT2D eigenvalue weighted by Crippen LogP contribution is 2.37. The zero-order valence-electron chi connectivity index (χ0n) is 13.0. The number of hydrogen-bond donors (Lipinski definition) is 2. The summed E-state index contributed by atoms with van der Waals surface area (Å²) < 4.78 is 38.5. The van der Waals surface area contributed by atoms with Gasteiger partial charge in [0.05, 0.1) is 5.92 Å². The van der Waals surface area contributed by atoms with Crippen LogP contribution in [-0.2, 0) is 0 Å². The second kappa shape index (κ2) is 7.82. The average molecular weight is 306 g/mol. The van der Waals surface area contributed by atoms with Crippen molar-refractivity contribution in [2.45, 2.75) is 89.0 Å². The topological polar surface area (TPSA) is 24.1 Å². The molecule has 4 unspecified atom stereocenters. The van der Waals surface area contributed by atoms with E-state index in [0.717, 1.165) is 19.4 Å². The molecule has 0 aromatic heterocycles. The zero-order chi connectivity index (χ0) is 15.3. The molecule has 0 amide bonds. The van der Waals surface area contributed by atoms with Gasteiger partial charge in [0, 0.05) is 18.1 Å². The van der Waals surface area contributed by atoms with E-state index in [1.807, 2.05) is 0 Å². The average Bonchev–Trinajstić information content (AvgIpc) is 2.66. The number of alkyl halides is 3. The van der Waals surface area contributed by atoms with Gasteiger partial charge in [-0.1, -0.05) is 19.3 Å². The Labute approximate surface area is 126 Å². The summed E-state index contributed by atoms with van der Waals surface area (Å²) in [4.78, 5) is 0. The van der Waals surface area contributed by atoms with Crippen LogP contribution in [0.5, 0.6) is 0 Å². The molecule has 1 aliphatic heterocycles. The van der Waals surface area contributed by atoms with Crippen molar-refractivity contribution in [3.8, 4) is 0 Å². The van der Waals surface area contributed by atoms with Gasteiger partial charge < -0.3 is 10.6 Å². The summed E-state index contributed by atoms with van der Waals surface area (Å²) in [5, 5.41) is 7.01. The van der Waals surface area contributed by atoms with Gasteiger partial charge in [-0.25, -0.2) is 0 Å². The smallest absolute Gasteiger partial charge is 0.314 e. The van der Waals surface area contributed by atoms with E-state index >= 15 is 0 Å². The number of rotatable bonds is 4. The molecule has 1 saturated heterocycles. The number of nitrogens with one attached hydrogen (secondary N) is 2. The summed E-state index contributed by atoms with van der Waals surface area (Å²) in [6.45, 7) is 3.20. The van der Waals surface area contributed by atoms with Crippen LogP contribution in [0.25, 0.3) is 0 Å². The van der Waals surface area contributed by atoms with Gasteiger partial charge in [-0.3, -0.25) is 0 Å². The van der Waals surface area contributed by atoms with Crippen molar-refractivity contribution in [3.05, 3.63) is 0 Å². The van der Waals surface area contributed by atoms with Gasteiger partial charge >= 0.3 is 6.18 Å². The van der Waals surface area contributed by atoms with Gasteiger partial charge in [0.2, 0.25) is 0 Å². The van der Waals surface area contributed by atoms with Crippen LogP contribution < -0.4 is 10.6 Å². The maximum atomic E-state index is 12.8. The first-order valence-electron chi connectivity index (χ1n) is 8.51. The molecule has 1 saturated carbocycles. The van der Waals surface area contributed by atoms with E-state index in [2.05, 4.69) is 17.6 Å². The Morgan fingerprint density at radius 2 is 1.90 bits per heavy atom. The van der Waals surface area contributed by atoms with Crippen LogP contribution in [0.4, 0.5) is 13.2 Å². The summed E-state index contributed by atoms with van der Waals surface area (Å²) in [6, 6.07) is 0.848. The summed E-state index contributed by atoms with van der Waals surface area (Å²) in [6.07, 6.45) is 4.14. The van der Waals surface area contributed by atoms with E-state index in [9.17, 15) is 13.2 Å². The summed E-state index contributed by atoms with van der Waals surface area (Å²) in [7, 11) is 0. The molecule has 21 heavy (non-hydrogen) atoms. The van der Waals surface area contributed by atoms with Crippen molar-refractivity contribution in [1.82, 2.24) is 10.6 Å². The molecule has 124 valence electrons. The highest BCUT2D eigenvalue weighted by molar-refractivity contribution is 4.85. The lowest BCUT2D eigenvalue weighted by molar-refractivity contribution is -0.183. The highest BCUT2D eigenvalue weighted by Gasteiger charge is 2.42. The van der Waals surface area contributed by atoms with Gasteiger partial charge in [-0.05, 0) is 52.0 Å². The van der Waals surface area contributed by atoms with Crippen molar-refractivity contribution in [1.29, 1.82) is 0 Å². The largest absolute Gasteiger partial charge is 0.391 e. The molecule has 2 N–H and O–H groups in total. The van der Waals surface area contributed by atoms with Crippen molar-refractivity contribution >= 4 is 0 Å². The van der Waals surface area contributed by atoms with Gasteiger partial charge in [-0.15, -0.1) is 0 Å². The van der Waals surface area contributed by atoms with E-state index in [4.69, 9.17) is 0 Å². The molecule has 5 heteroatoms. The van der Waals surface area contributed by atoms with Gasteiger partial charge in [0.15, 0.2) is 0 Å². The summed E-state index contributed by atoms with van der Waals surface area (Å²) in [5.41, 5.74) is 0. The van der Waals surface area contributed by atoms with Gasteiger partial charge in [0.1, 0.15) is 0 Å². The molecule has 0 bridgehead atoms. The standard InChI is InChI=1S/C16H29F3N2/c1-12(10-14-7-3-2-4-9-20-14)21-15-8-5-6-13(11-15)16(17,18)19/h12-15,20-21H,2-11H2,1H3. The molecule has 2 rings (SSSR count). The molecular weight excluding hydrogens is 277 g/mol. The van der Waals surface area contributed by atoms with Crippen molar-refractivity contribution in [2.75, 3.05) is 6.54 Å². The van der Waals surface area contributed by atoms with Crippen LogP contribution in [0, 0.1) is 5.92 Å². The highest BCUT2D eigenvalue weighted by atomic mass is 19.4. The number of hydrogen-bond acceptors (Lipinski definition) is 2. The Morgan fingerprint density at radius 3 is 2.67 bits per heavy atom. The predicted molar refractivity (Wildman–Crippen MR) is 79.3 cm³/mol. The van der Waals surface area contributed by atoms with Gasteiger partial charge in [0.25, 0.3) is 0 Å². The molecule has 0 spiro atoms. The van der Waals surface area contributed by atoms with Crippen LogP contribution in [0.2, 0.25) is 0 Å². The second-order valence-corrected chi connectivity index (χ2v) is 6.91. The Morgan fingerprint density at radius 1 is 1.10 bits per heavy atom. The fraction of sp³-hybridized carbons (Fsp3) is 1.00. The number of halogens is 3. The fourth-order valence-electron chi connectivity index (χ4n) is 3.84. The third-order valence-corrected chi connectivity index (χ3v) is 4.96. The van der Waals surface area contributed by atoms with Crippen LogP contribution in [0.1, 0.15) is 64.7 Å². The summed E-state index contributed by atoms with van der Waals surface area (Å²) >= 11 is 0. The zero-order valence-corrected chi connectivity index (χ0v) is 13.0. The molecule has 0 radical (unpaired) electrons. The Bertz CT molecular complexity index is 298. The molecule has 2 aliphatic rings. The maximum absolute atomic E-state index is 12.8. The van der Waals surface area contributed by atoms with Crippen LogP contribution >= 0.6 is 0 Å². The molecule has 2 nitrogen and oxygen atoms in total. The molecule has 2 fully saturated rings. The van der Waals surface area contributed by atoms with Crippen molar-refractivity contribution < 1.29 is 13.2 Å². The third-order valence-electron chi connectivity index (χ3n) is 4.96. The first-order valence-corrected chi connectivity index (χ1v) is 8.51. The Balaban J connectivity index is 1.75. The van der Waals surface area contributed by atoms with E-state index in [0.29, 0.717) is 18.9 Å². The van der Waals surface area contributed by atoms with Crippen molar-refractivity contribution in [2.24, 2.45) is 5.92 Å². The molecule has 0 aromatic rings. The van der Waals surface area contributed by atoms with Crippen LogP contribution in [0.3, 0.4) is 0 Å². The normalized spacial score (nSPS) is 33.4. The SMILES string of the molecule is CC(CC1CCCCCN1)NC1CCCC(C(F)(F)F)C1. The Hall–Kier alpha value is -0.290. The molecule has 0 aromatic carbocycles. The molecule has 1 heterocycles. The molecular formula is C16H29F3N2. The van der Waals surface area contributed by atoms with E-state index in [1.165, 1.54) is 25.7 Å². The van der Waals surface area contributed by atoms with E-state index < -0.39 is 12.1 Å². The second-order valence-electron chi connectivity index (χ2n) is 6.91. The predicted octanol–water partition coefficient (Wildman–Crippen LogP) is 4.01. The monoisotopic (exact) mass is 306 g/mol. The minimum Gasteiger partial charge on any atom is -0.314 e. The van der Waals surface area contributed by atoms with Crippen LogP contribution in [0.15, 0.2) is 0 Å². The van der Waals surface area contributed by atoms with Gasteiger partial charge in [-0.2, -0.15) is 13.2 Å². The lowest BCUT2D eigenvalue weighted by Gasteiger charge is -2.33. The third kappa shape index (κ3) is 5.78. The molecule has 1 aliphatic carbocycles. The minimum absolute atomic E-state index is 0.0335.